The molecule has 0 spiro atoms. The van der Waals surface area contributed by atoms with Crippen molar-refractivity contribution in [1.29, 1.82) is 0 Å². The van der Waals surface area contributed by atoms with Gasteiger partial charge in [-0.25, -0.2) is 0 Å². The van der Waals surface area contributed by atoms with Gasteiger partial charge in [0.2, 0.25) is 0 Å². The maximum Gasteiger partial charge on any atom is 0.111 e. The second-order valence-electron chi connectivity index (χ2n) is 5.92. The van der Waals surface area contributed by atoms with E-state index in [9.17, 15) is 0 Å². The lowest BCUT2D eigenvalue weighted by atomic mass is 9.90. The number of likely N-dealkylation sites (tertiary alicyclic amines) is 1. The molecule has 3 nitrogen and oxygen atoms in total. The minimum atomic E-state index is 0. The van der Waals surface area contributed by atoms with Crippen molar-refractivity contribution >= 4 is 12.4 Å². The number of nitrogens with one attached hydrogen (secondary N) is 1. The smallest absolute Gasteiger partial charge is 0.111 e. The third kappa shape index (κ3) is 3.59. The Labute approximate surface area is 105 Å². The normalized spacial score (nSPS) is 32.1. The molecule has 2 aliphatic heterocycles. The zero-order chi connectivity index (χ0) is 10.9. The summed E-state index contributed by atoms with van der Waals surface area (Å²) in [6.07, 6.45) is 2.86. The number of ether oxygens (including phenoxy) is 1. The van der Waals surface area contributed by atoms with Crippen LogP contribution >= 0.6 is 12.4 Å². The Kier molecular flexibility index (Phi) is 5.05. The van der Waals surface area contributed by atoms with E-state index in [1.54, 1.807) is 0 Å². The summed E-state index contributed by atoms with van der Waals surface area (Å²) in [5.41, 5.74) is 0.307. The van der Waals surface area contributed by atoms with Gasteiger partial charge < -0.3 is 9.64 Å². The van der Waals surface area contributed by atoms with E-state index in [-0.39, 0.29) is 12.4 Å². The first kappa shape index (κ1) is 14.2. The van der Waals surface area contributed by atoms with Crippen LogP contribution in [-0.2, 0) is 4.74 Å². The summed E-state index contributed by atoms with van der Waals surface area (Å²) >= 11 is 0. The molecule has 16 heavy (non-hydrogen) atoms. The summed E-state index contributed by atoms with van der Waals surface area (Å²) in [7, 11) is 2.20. The molecule has 0 amide bonds. The minimum Gasteiger partial charge on any atom is -0.362 e. The summed E-state index contributed by atoms with van der Waals surface area (Å²) in [6.45, 7) is 8.93. The van der Waals surface area contributed by atoms with E-state index in [2.05, 4.69) is 31.1 Å². The van der Waals surface area contributed by atoms with Crippen molar-refractivity contribution in [2.24, 2.45) is 11.3 Å². The number of rotatable bonds is 1. The summed E-state index contributed by atoms with van der Waals surface area (Å²) in [5, 5.41) is 3.55. The zero-order valence-electron chi connectivity index (χ0n) is 10.7. The fourth-order valence-corrected chi connectivity index (χ4v) is 2.44. The molecule has 0 radical (unpaired) electrons. The molecule has 0 aliphatic carbocycles. The Balaban J connectivity index is 0.00000128. The van der Waals surface area contributed by atoms with Crippen LogP contribution in [0.25, 0.3) is 0 Å². The van der Waals surface area contributed by atoms with Crippen molar-refractivity contribution in [2.45, 2.75) is 32.9 Å². The van der Waals surface area contributed by atoms with Gasteiger partial charge in [0, 0.05) is 17.9 Å². The molecule has 0 aromatic heterocycles. The molecule has 0 bridgehead atoms. The van der Waals surface area contributed by atoms with Crippen molar-refractivity contribution in [2.75, 3.05) is 33.3 Å². The van der Waals surface area contributed by atoms with Crippen LogP contribution in [0.15, 0.2) is 0 Å². The highest BCUT2D eigenvalue weighted by Gasteiger charge is 2.32. The van der Waals surface area contributed by atoms with Crippen LogP contribution in [0.2, 0.25) is 0 Å². The zero-order valence-corrected chi connectivity index (χ0v) is 11.5. The highest BCUT2D eigenvalue weighted by Crippen LogP contribution is 2.26. The van der Waals surface area contributed by atoms with Crippen molar-refractivity contribution in [3.63, 3.8) is 0 Å². The van der Waals surface area contributed by atoms with E-state index in [0.29, 0.717) is 11.6 Å². The molecule has 1 atom stereocenters. The van der Waals surface area contributed by atoms with Crippen LogP contribution in [0.4, 0.5) is 0 Å². The monoisotopic (exact) mass is 248 g/mol. The van der Waals surface area contributed by atoms with E-state index in [1.165, 1.54) is 25.9 Å². The van der Waals surface area contributed by atoms with Gasteiger partial charge in [0.1, 0.15) is 6.23 Å². The van der Waals surface area contributed by atoms with Crippen molar-refractivity contribution < 1.29 is 4.74 Å². The van der Waals surface area contributed by atoms with E-state index < -0.39 is 0 Å². The maximum atomic E-state index is 5.94. The number of halogens is 1. The van der Waals surface area contributed by atoms with Crippen LogP contribution in [0, 0.1) is 11.3 Å². The number of hydrogen-bond acceptors (Lipinski definition) is 3. The molecule has 0 aromatic rings. The highest BCUT2D eigenvalue weighted by molar-refractivity contribution is 5.85. The van der Waals surface area contributed by atoms with Gasteiger partial charge in [-0.15, -0.1) is 12.4 Å². The van der Waals surface area contributed by atoms with Gasteiger partial charge >= 0.3 is 0 Å². The fourth-order valence-electron chi connectivity index (χ4n) is 2.44. The summed E-state index contributed by atoms with van der Waals surface area (Å²) in [6, 6.07) is 0. The largest absolute Gasteiger partial charge is 0.362 e. The predicted molar refractivity (Wildman–Crippen MR) is 69.0 cm³/mol. The molecule has 2 aliphatic rings. The van der Waals surface area contributed by atoms with Crippen LogP contribution in [0.3, 0.4) is 0 Å². The Bertz CT molecular complexity index is 205. The molecule has 1 unspecified atom stereocenters. The first-order chi connectivity index (χ1) is 7.07. The Hall–Kier alpha value is 0.170. The first-order valence-electron chi connectivity index (χ1n) is 6.10. The quantitative estimate of drug-likeness (QED) is 0.765. The van der Waals surface area contributed by atoms with E-state index in [1.807, 2.05) is 0 Å². The number of hydrogen-bond donors (Lipinski definition) is 1. The predicted octanol–water partition coefficient (Wildman–Crippen LogP) is 1.72. The lowest BCUT2D eigenvalue weighted by molar-refractivity contribution is -0.0940. The second-order valence-corrected chi connectivity index (χ2v) is 5.92. The molecule has 96 valence electrons. The van der Waals surface area contributed by atoms with Crippen molar-refractivity contribution in [3.05, 3.63) is 0 Å². The van der Waals surface area contributed by atoms with Gasteiger partial charge in [0.15, 0.2) is 0 Å². The Morgan fingerprint density at radius 1 is 1.25 bits per heavy atom. The summed E-state index contributed by atoms with van der Waals surface area (Å²) in [5.74, 6) is 0.720. The van der Waals surface area contributed by atoms with Crippen molar-refractivity contribution in [3.8, 4) is 0 Å². The molecule has 0 saturated carbocycles. The lowest BCUT2D eigenvalue weighted by Crippen LogP contribution is -2.52. The van der Waals surface area contributed by atoms with Gasteiger partial charge in [0.25, 0.3) is 0 Å². The van der Waals surface area contributed by atoms with Gasteiger partial charge in [-0.3, -0.25) is 5.32 Å². The Morgan fingerprint density at radius 3 is 2.38 bits per heavy atom. The molecular formula is C12H25ClN2O. The molecular weight excluding hydrogens is 224 g/mol. The summed E-state index contributed by atoms with van der Waals surface area (Å²) < 4.78 is 5.94. The molecule has 2 saturated heterocycles. The first-order valence-corrected chi connectivity index (χ1v) is 6.10. The average molecular weight is 249 g/mol. The van der Waals surface area contributed by atoms with Gasteiger partial charge in [0.05, 0.1) is 6.61 Å². The van der Waals surface area contributed by atoms with E-state index >= 15 is 0 Å². The highest BCUT2D eigenvalue weighted by atomic mass is 35.5. The standard InChI is InChI=1S/C12H24N2O.ClH/c1-12(2)8-13-11(15-9-12)10-4-6-14(3)7-5-10;/h10-11,13H,4-9H2,1-3H3;1H. The molecule has 2 fully saturated rings. The average Bonchev–Trinajstić information content (AvgIpc) is 2.20. The minimum absolute atomic E-state index is 0. The van der Waals surface area contributed by atoms with Crippen LogP contribution in [0.1, 0.15) is 26.7 Å². The lowest BCUT2D eigenvalue weighted by Gasteiger charge is -2.41. The number of piperidine rings is 1. The van der Waals surface area contributed by atoms with E-state index in [4.69, 9.17) is 4.74 Å². The fraction of sp³-hybridized carbons (Fsp3) is 1.00. The third-order valence-electron chi connectivity index (χ3n) is 3.63. The summed E-state index contributed by atoms with van der Waals surface area (Å²) in [4.78, 5) is 2.41. The molecule has 2 rings (SSSR count). The third-order valence-corrected chi connectivity index (χ3v) is 3.63. The Morgan fingerprint density at radius 2 is 1.88 bits per heavy atom. The van der Waals surface area contributed by atoms with Gasteiger partial charge in [-0.05, 0) is 33.0 Å². The topological polar surface area (TPSA) is 24.5 Å². The molecule has 4 heteroatoms. The van der Waals surface area contributed by atoms with Gasteiger partial charge in [-0.2, -0.15) is 0 Å². The SMILES string of the molecule is CN1CCC(C2NCC(C)(C)CO2)CC1.Cl. The van der Waals surface area contributed by atoms with Gasteiger partial charge in [-0.1, -0.05) is 13.8 Å². The van der Waals surface area contributed by atoms with Crippen LogP contribution in [0.5, 0.6) is 0 Å². The molecule has 0 aromatic carbocycles. The molecule has 1 N–H and O–H groups in total. The molecule has 2 heterocycles. The second kappa shape index (κ2) is 5.67. The number of nitrogens with zero attached hydrogens (tertiary/aromatic N) is 1. The maximum absolute atomic E-state index is 5.94. The van der Waals surface area contributed by atoms with E-state index in [0.717, 1.165) is 19.1 Å². The van der Waals surface area contributed by atoms with Crippen LogP contribution in [-0.4, -0.2) is 44.4 Å². The van der Waals surface area contributed by atoms with Crippen molar-refractivity contribution in [1.82, 2.24) is 10.2 Å². The van der Waals surface area contributed by atoms with Crippen LogP contribution < -0.4 is 5.32 Å².